The zero-order valence-corrected chi connectivity index (χ0v) is 6.71. The van der Waals surface area contributed by atoms with Gasteiger partial charge in [0.2, 0.25) is 0 Å². The molecule has 0 bridgehead atoms. The highest BCUT2D eigenvalue weighted by atomic mass is 31.2. The fraction of sp³-hybridized carbons (Fsp3) is 1.00. The zero-order chi connectivity index (χ0) is 7.61. The Morgan fingerprint density at radius 1 is 1.80 bits per heavy atom. The van der Waals surface area contributed by atoms with Crippen molar-refractivity contribution in [2.75, 3.05) is 19.9 Å². The van der Waals surface area contributed by atoms with Gasteiger partial charge in [-0.15, -0.1) is 0 Å². The molecule has 1 saturated heterocycles. The summed E-state index contributed by atoms with van der Waals surface area (Å²) in [4.78, 5) is 8.87. The number of methoxy groups -OCH3 is 1. The van der Waals surface area contributed by atoms with E-state index in [0.717, 1.165) is 0 Å². The molecule has 5 heteroatoms. The van der Waals surface area contributed by atoms with Crippen LogP contribution in [0.1, 0.15) is 6.42 Å². The smallest absolute Gasteiger partial charge is 0.328 e. The average Bonchev–Trinajstić information content (AvgIpc) is 1.88. The van der Waals surface area contributed by atoms with E-state index in [1.54, 1.807) is 7.11 Å². The van der Waals surface area contributed by atoms with Crippen LogP contribution in [0.2, 0.25) is 0 Å². The van der Waals surface area contributed by atoms with Crippen molar-refractivity contribution in [2.24, 2.45) is 0 Å². The van der Waals surface area contributed by atoms with Crippen molar-refractivity contribution >= 4 is 7.60 Å². The van der Waals surface area contributed by atoms with Crippen molar-refractivity contribution in [1.29, 1.82) is 0 Å². The Morgan fingerprint density at radius 2 is 2.50 bits per heavy atom. The SMILES string of the molecule is COC1CCP(=O)(O)OC1. The maximum absolute atomic E-state index is 10.8. The summed E-state index contributed by atoms with van der Waals surface area (Å²) < 4.78 is 20.4. The molecule has 1 fully saturated rings. The summed E-state index contributed by atoms with van der Waals surface area (Å²) in [6.07, 6.45) is 0.824. The predicted octanol–water partition coefficient (Wildman–Crippen LogP) is 0.607. The summed E-state index contributed by atoms with van der Waals surface area (Å²) >= 11 is 0. The highest BCUT2D eigenvalue weighted by Crippen LogP contribution is 2.45. The summed E-state index contributed by atoms with van der Waals surface area (Å²) in [5.74, 6) is 0. The van der Waals surface area contributed by atoms with Gasteiger partial charge >= 0.3 is 7.60 Å². The van der Waals surface area contributed by atoms with Gasteiger partial charge in [0, 0.05) is 7.11 Å². The van der Waals surface area contributed by atoms with Gasteiger partial charge in [-0.25, -0.2) is 0 Å². The summed E-state index contributed by atoms with van der Waals surface area (Å²) in [6.45, 7) is 0.240. The molecule has 60 valence electrons. The van der Waals surface area contributed by atoms with Crippen LogP contribution in [0, 0.1) is 0 Å². The van der Waals surface area contributed by atoms with Gasteiger partial charge in [0.25, 0.3) is 0 Å². The quantitative estimate of drug-likeness (QED) is 0.580. The van der Waals surface area contributed by atoms with Crippen LogP contribution in [0.4, 0.5) is 0 Å². The van der Waals surface area contributed by atoms with Crippen LogP contribution in [-0.2, 0) is 13.8 Å². The van der Waals surface area contributed by atoms with Gasteiger partial charge in [0.15, 0.2) is 0 Å². The lowest BCUT2D eigenvalue weighted by Gasteiger charge is -2.23. The van der Waals surface area contributed by atoms with Crippen LogP contribution >= 0.6 is 7.60 Å². The molecule has 1 heterocycles. The molecule has 0 spiro atoms. The summed E-state index contributed by atoms with van der Waals surface area (Å²) in [6, 6.07) is 0. The first-order valence-corrected chi connectivity index (χ1v) is 4.89. The molecule has 0 aromatic rings. The molecule has 4 nitrogen and oxygen atoms in total. The summed E-state index contributed by atoms with van der Waals surface area (Å²) in [5, 5.41) is 0. The monoisotopic (exact) mass is 166 g/mol. The standard InChI is InChI=1S/C5H11O4P/c1-8-5-2-3-10(6,7)9-4-5/h5H,2-4H2,1H3,(H,6,7). The fourth-order valence-electron chi connectivity index (χ4n) is 0.841. The number of hydrogen-bond donors (Lipinski definition) is 1. The lowest BCUT2D eigenvalue weighted by molar-refractivity contribution is 0.0385. The molecule has 10 heavy (non-hydrogen) atoms. The number of rotatable bonds is 1. The molecule has 0 amide bonds. The van der Waals surface area contributed by atoms with E-state index in [-0.39, 0.29) is 18.9 Å². The van der Waals surface area contributed by atoms with E-state index in [2.05, 4.69) is 4.52 Å². The molecule has 0 aromatic heterocycles. The van der Waals surface area contributed by atoms with Crippen LogP contribution in [0.5, 0.6) is 0 Å². The number of hydrogen-bond acceptors (Lipinski definition) is 3. The van der Waals surface area contributed by atoms with E-state index < -0.39 is 7.60 Å². The highest BCUT2D eigenvalue weighted by Gasteiger charge is 2.28. The molecule has 0 saturated carbocycles. The Balaban J connectivity index is 2.38. The molecular formula is C5H11O4P. The molecule has 1 aliphatic heterocycles. The molecule has 2 unspecified atom stereocenters. The maximum atomic E-state index is 10.8. The highest BCUT2D eigenvalue weighted by molar-refractivity contribution is 7.52. The van der Waals surface area contributed by atoms with Gasteiger partial charge < -0.3 is 14.2 Å². The van der Waals surface area contributed by atoms with Gasteiger partial charge in [-0.2, -0.15) is 0 Å². The van der Waals surface area contributed by atoms with Crippen LogP contribution in [0.3, 0.4) is 0 Å². The second-order valence-electron chi connectivity index (χ2n) is 2.30. The lowest BCUT2D eigenvalue weighted by atomic mass is 10.3. The molecule has 1 N–H and O–H groups in total. The first kappa shape index (κ1) is 8.21. The fourth-order valence-corrected chi connectivity index (χ4v) is 1.98. The third-order valence-electron chi connectivity index (χ3n) is 1.53. The van der Waals surface area contributed by atoms with E-state index in [1.807, 2.05) is 0 Å². The lowest BCUT2D eigenvalue weighted by Crippen LogP contribution is -2.24. The molecule has 2 atom stereocenters. The molecule has 0 radical (unpaired) electrons. The van der Waals surface area contributed by atoms with E-state index >= 15 is 0 Å². The molecular weight excluding hydrogens is 155 g/mol. The Kier molecular flexibility index (Phi) is 2.47. The molecule has 1 aliphatic rings. The minimum Gasteiger partial charge on any atom is -0.379 e. The van der Waals surface area contributed by atoms with E-state index in [0.29, 0.717) is 6.42 Å². The normalized spacial score (nSPS) is 41.6. The van der Waals surface area contributed by atoms with Gasteiger partial charge in [-0.3, -0.25) is 4.57 Å². The van der Waals surface area contributed by atoms with Crippen molar-refractivity contribution in [3.63, 3.8) is 0 Å². The second-order valence-corrected chi connectivity index (χ2v) is 4.28. The third kappa shape index (κ3) is 2.06. The first-order chi connectivity index (χ1) is 4.64. The third-order valence-corrected chi connectivity index (χ3v) is 2.91. The van der Waals surface area contributed by atoms with Crippen LogP contribution < -0.4 is 0 Å². The second kappa shape index (κ2) is 3.01. The van der Waals surface area contributed by atoms with Crippen LogP contribution in [0.25, 0.3) is 0 Å². The topological polar surface area (TPSA) is 55.8 Å². The summed E-state index contributed by atoms with van der Waals surface area (Å²) in [7, 11) is -1.65. The number of ether oxygens (including phenoxy) is 1. The van der Waals surface area contributed by atoms with E-state index in [1.165, 1.54) is 0 Å². The van der Waals surface area contributed by atoms with Crippen molar-refractivity contribution in [2.45, 2.75) is 12.5 Å². The van der Waals surface area contributed by atoms with Crippen molar-refractivity contribution in [3.8, 4) is 0 Å². The zero-order valence-electron chi connectivity index (χ0n) is 5.82. The molecule has 1 rings (SSSR count). The first-order valence-electron chi connectivity index (χ1n) is 3.13. The Hall–Kier alpha value is 0.110. The predicted molar refractivity (Wildman–Crippen MR) is 36.1 cm³/mol. The molecule has 0 aliphatic carbocycles. The Labute approximate surface area is 59.7 Å². The van der Waals surface area contributed by atoms with Gasteiger partial charge in [0.05, 0.1) is 18.9 Å². The molecule has 0 aromatic carbocycles. The van der Waals surface area contributed by atoms with Gasteiger partial charge in [0.1, 0.15) is 0 Å². The summed E-state index contributed by atoms with van der Waals surface area (Å²) in [5.41, 5.74) is 0. The van der Waals surface area contributed by atoms with Gasteiger partial charge in [-0.05, 0) is 6.42 Å². The van der Waals surface area contributed by atoms with Crippen molar-refractivity contribution < 1.29 is 18.7 Å². The van der Waals surface area contributed by atoms with E-state index in [4.69, 9.17) is 9.63 Å². The van der Waals surface area contributed by atoms with Crippen molar-refractivity contribution in [3.05, 3.63) is 0 Å². The minimum absolute atomic E-state index is 0.00535. The minimum atomic E-state index is -3.22. The largest absolute Gasteiger partial charge is 0.379 e. The maximum Gasteiger partial charge on any atom is 0.328 e. The Bertz CT molecular complexity index is 146. The van der Waals surface area contributed by atoms with Crippen LogP contribution in [0.15, 0.2) is 0 Å². The van der Waals surface area contributed by atoms with Crippen LogP contribution in [-0.4, -0.2) is 30.9 Å². The van der Waals surface area contributed by atoms with Gasteiger partial charge in [-0.1, -0.05) is 0 Å². The van der Waals surface area contributed by atoms with Crippen molar-refractivity contribution in [1.82, 2.24) is 0 Å². The average molecular weight is 166 g/mol. The Morgan fingerprint density at radius 3 is 2.90 bits per heavy atom. The van der Waals surface area contributed by atoms with E-state index in [9.17, 15) is 4.57 Å².